The molecule has 0 saturated carbocycles. The summed E-state index contributed by atoms with van der Waals surface area (Å²) in [5.74, 6) is 0.772. The third kappa shape index (κ3) is 5.65. The molecule has 0 bridgehead atoms. The summed E-state index contributed by atoms with van der Waals surface area (Å²) in [5, 5.41) is 3.10. The molecule has 29 heavy (non-hydrogen) atoms. The smallest absolute Gasteiger partial charge is 0.338 e. The van der Waals surface area contributed by atoms with Crippen molar-refractivity contribution in [2.75, 3.05) is 11.1 Å². The predicted molar refractivity (Wildman–Crippen MR) is 110 cm³/mol. The van der Waals surface area contributed by atoms with Gasteiger partial charge >= 0.3 is 5.97 Å². The molecule has 8 heteroatoms. The minimum atomic E-state index is -0.492. The van der Waals surface area contributed by atoms with Crippen LogP contribution in [0, 0.1) is 6.92 Å². The predicted octanol–water partition coefficient (Wildman–Crippen LogP) is 3.65. The molecule has 3 aromatic rings. The fraction of sp³-hybridized carbons (Fsp3) is 0.238. The molecule has 0 aliphatic carbocycles. The van der Waals surface area contributed by atoms with Gasteiger partial charge in [0, 0.05) is 5.69 Å². The SMILES string of the molecule is Cc1ccccc1Nc1nc(N)nc(COC(=O)c2ccc(OC(C)C)cc2)n1. The quantitative estimate of drug-likeness (QED) is 0.585. The zero-order valence-electron chi connectivity index (χ0n) is 16.5. The second-order valence-corrected chi connectivity index (χ2v) is 6.64. The van der Waals surface area contributed by atoms with E-state index in [1.165, 1.54) is 0 Å². The highest BCUT2D eigenvalue weighted by Gasteiger charge is 2.11. The van der Waals surface area contributed by atoms with E-state index < -0.39 is 5.97 Å². The summed E-state index contributed by atoms with van der Waals surface area (Å²) < 4.78 is 10.9. The maximum absolute atomic E-state index is 12.3. The molecule has 0 amide bonds. The zero-order chi connectivity index (χ0) is 20.8. The second kappa shape index (κ2) is 9.01. The first-order chi connectivity index (χ1) is 13.9. The molecule has 0 aliphatic heterocycles. The van der Waals surface area contributed by atoms with Gasteiger partial charge in [-0.1, -0.05) is 18.2 Å². The molecule has 0 atom stereocenters. The first-order valence-electron chi connectivity index (χ1n) is 9.17. The molecule has 0 saturated heterocycles. The minimum absolute atomic E-state index is 0.0392. The Labute approximate surface area is 169 Å². The molecule has 150 valence electrons. The van der Waals surface area contributed by atoms with E-state index in [0.29, 0.717) is 11.3 Å². The van der Waals surface area contributed by atoms with Crippen LogP contribution in [0.1, 0.15) is 35.6 Å². The number of para-hydroxylation sites is 1. The normalized spacial score (nSPS) is 10.6. The summed E-state index contributed by atoms with van der Waals surface area (Å²) in [5.41, 5.74) is 8.06. The van der Waals surface area contributed by atoms with Crippen molar-refractivity contribution in [3.8, 4) is 5.75 Å². The van der Waals surface area contributed by atoms with Gasteiger partial charge in [-0.25, -0.2) is 4.79 Å². The van der Waals surface area contributed by atoms with E-state index in [0.717, 1.165) is 11.3 Å². The van der Waals surface area contributed by atoms with E-state index >= 15 is 0 Å². The molecule has 1 heterocycles. The zero-order valence-corrected chi connectivity index (χ0v) is 16.5. The van der Waals surface area contributed by atoms with Gasteiger partial charge in [0.1, 0.15) is 5.75 Å². The first-order valence-corrected chi connectivity index (χ1v) is 9.17. The Morgan fingerprint density at radius 3 is 2.48 bits per heavy atom. The summed E-state index contributed by atoms with van der Waals surface area (Å²) in [6.07, 6.45) is 0.0598. The number of carbonyl (C=O) groups excluding carboxylic acids is 1. The molecule has 2 aromatic carbocycles. The molecule has 0 unspecified atom stereocenters. The monoisotopic (exact) mass is 393 g/mol. The van der Waals surface area contributed by atoms with Crippen LogP contribution >= 0.6 is 0 Å². The van der Waals surface area contributed by atoms with Crippen molar-refractivity contribution >= 4 is 23.6 Å². The Morgan fingerprint density at radius 1 is 1.07 bits per heavy atom. The highest BCUT2D eigenvalue weighted by Crippen LogP contribution is 2.18. The number of ether oxygens (including phenoxy) is 2. The molecule has 8 nitrogen and oxygen atoms in total. The number of nitrogens with zero attached hydrogens (tertiary/aromatic N) is 3. The maximum atomic E-state index is 12.3. The Kier molecular flexibility index (Phi) is 6.23. The van der Waals surface area contributed by atoms with Crippen molar-refractivity contribution in [3.63, 3.8) is 0 Å². The third-order valence-electron chi connectivity index (χ3n) is 3.88. The van der Waals surface area contributed by atoms with E-state index in [1.54, 1.807) is 24.3 Å². The molecular formula is C21H23N5O3. The van der Waals surface area contributed by atoms with Crippen LogP contribution in [0.3, 0.4) is 0 Å². The van der Waals surface area contributed by atoms with Crippen LogP contribution in [0.2, 0.25) is 0 Å². The van der Waals surface area contributed by atoms with Gasteiger partial charge in [-0.3, -0.25) is 0 Å². The number of nitrogens with two attached hydrogens (primary N) is 1. The van der Waals surface area contributed by atoms with Crippen LogP contribution in [0.4, 0.5) is 17.6 Å². The number of esters is 1. The van der Waals surface area contributed by atoms with Crippen molar-refractivity contribution in [1.82, 2.24) is 15.0 Å². The molecule has 0 radical (unpaired) electrons. The number of rotatable bonds is 7. The van der Waals surface area contributed by atoms with Gasteiger partial charge < -0.3 is 20.5 Å². The molecule has 0 spiro atoms. The van der Waals surface area contributed by atoms with E-state index in [2.05, 4.69) is 20.3 Å². The van der Waals surface area contributed by atoms with Gasteiger partial charge in [0.2, 0.25) is 11.9 Å². The number of hydrogen-bond donors (Lipinski definition) is 2. The topological polar surface area (TPSA) is 112 Å². The minimum Gasteiger partial charge on any atom is -0.491 e. The molecule has 0 aliphatic rings. The van der Waals surface area contributed by atoms with Gasteiger partial charge in [-0.2, -0.15) is 15.0 Å². The highest BCUT2D eigenvalue weighted by atomic mass is 16.5. The lowest BCUT2D eigenvalue weighted by molar-refractivity contribution is 0.0462. The molecular weight excluding hydrogens is 370 g/mol. The fourth-order valence-corrected chi connectivity index (χ4v) is 2.55. The standard InChI is InChI=1S/C21H23N5O3/c1-13(2)29-16-10-8-15(9-11-16)19(27)28-12-18-24-20(22)26-21(25-18)23-17-7-5-4-6-14(17)3/h4-11,13H,12H2,1-3H3,(H3,22,23,24,25,26). The van der Waals surface area contributed by atoms with Crippen LogP contribution in [-0.4, -0.2) is 27.0 Å². The van der Waals surface area contributed by atoms with E-state index in [9.17, 15) is 4.79 Å². The first kappa shape index (κ1) is 20.1. The van der Waals surface area contributed by atoms with Crippen molar-refractivity contribution < 1.29 is 14.3 Å². The van der Waals surface area contributed by atoms with Gasteiger partial charge in [0.15, 0.2) is 12.4 Å². The summed E-state index contributed by atoms with van der Waals surface area (Å²) in [6.45, 7) is 5.71. The van der Waals surface area contributed by atoms with Crippen molar-refractivity contribution in [2.45, 2.75) is 33.5 Å². The number of carbonyl (C=O) groups is 1. The summed E-state index contributed by atoms with van der Waals surface area (Å²) in [4.78, 5) is 24.7. The summed E-state index contributed by atoms with van der Waals surface area (Å²) in [6, 6.07) is 14.5. The van der Waals surface area contributed by atoms with Crippen molar-refractivity contribution in [2.24, 2.45) is 0 Å². The average molecular weight is 393 g/mol. The van der Waals surface area contributed by atoms with Gasteiger partial charge in [-0.15, -0.1) is 0 Å². The largest absolute Gasteiger partial charge is 0.491 e. The fourth-order valence-electron chi connectivity index (χ4n) is 2.55. The Hall–Kier alpha value is -3.68. The lowest BCUT2D eigenvalue weighted by Gasteiger charge is -2.11. The number of nitrogen functional groups attached to an aromatic ring is 1. The Balaban J connectivity index is 1.65. The van der Waals surface area contributed by atoms with E-state index in [-0.39, 0.29) is 30.4 Å². The number of nitrogens with one attached hydrogen (secondary N) is 1. The second-order valence-electron chi connectivity index (χ2n) is 6.64. The number of benzene rings is 2. The molecule has 3 N–H and O–H groups in total. The maximum Gasteiger partial charge on any atom is 0.338 e. The molecule has 0 fully saturated rings. The number of hydrogen-bond acceptors (Lipinski definition) is 8. The number of anilines is 3. The summed E-state index contributed by atoms with van der Waals surface area (Å²) in [7, 11) is 0. The Morgan fingerprint density at radius 2 is 1.79 bits per heavy atom. The molecule has 1 aromatic heterocycles. The molecule has 3 rings (SSSR count). The third-order valence-corrected chi connectivity index (χ3v) is 3.88. The van der Waals surface area contributed by atoms with Gasteiger partial charge in [0.05, 0.1) is 11.7 Å². The number of aryl methyl sites for hydroxylation is 1. The summed E-state index contributed by atoms with van der Waals surface area (Å²) >= 11 is 0. The van der Waals surface area contributed by atoms with Crippen molar-refractivity contribution in [1.29, 1.82) is 0 Å². The van der Waals surface area contributed by atoms with Gasteiger partial charge in [0.25, 0.3) is 0 Å². The van der Waals surface area contributed by atoms with E-state index in [1.807, 2.05) is 45.0 Å². The Bertz CT molecular complexity index is 990. The van der Waals surface area contributed by atoms with Crippen LogP contribution < -0.4 is 15.8 Å². The van der Waals surface area contributed by atoms with Gasteiger partial charge in [-0.05, 0) is 56.7 Å². The van der Waals surface area contributed by atoms with E-state index in [4.69, 9.17) is 15.2 Å². The van der Waals surface area contributed by atoms with Crippen LogP contribution in [0.15, 0.2) is 48.5 Å². The lowest BCUT2D eigenvalue weighted by atomic mass is 10.2. The highest BCUT2D eigenvalue weighted by molar-refractivity contribution is 5.89. The van der Waals surface area contributed by atoms with Crippen molar-refractivity contribution in [3.05, 3.63) is 65.5 Å². The van der Waals surface area contributed by atoms with Crippen LogP contribution in [-0.2, 0) is 11.3 Å². The van der Waals surface area contributed by atoms with Crippen LogP contribution in [0.25, 0.3) is 0 Å². The number of aromatic nitrogens is 3. The lowest BCUT2D eigenvalue weighted by Crippen LogP contribution is -2.11. The van der Waals surface area contributed by atoms with Crippen LogP contribution in [0.5, 0.6) is 5.75 Å². The average Bonchev–Trinajstić information content (AvgIpc) is 2.68.